The van der Waals surface area contributed by atoms with E-state index in [4.69, 9.17) is 9.57 Å². The van der Waals surface area contributed by atoms with Gasteiger partial charge in [-0.25, -0.2) is 13.8 Å². The molecule has 0 radical (unpaired) electrons. The number of hydrogen-bond acceptors (Lipinski definition) is 6. The fraction of sp³-hybridized carbons (Fsp3) is 0.273. The van der Waals surface area contributed by atoms with Crippen molar-refractivity contribution in [1.29, 1.82) is 0 Å². The summed E-state index contributed by atoms with van der Waals surface area (Å²) in [6.45, 7) is 3.47. The molecule has 9 heteroatoms. The van der Waals surface area contributed by atoms with E-state index in [1.165, 1.54) is 12.1 Å². The summed E-state index contributed by atoms with van der Waals surface area (Å²) in [7, 11) is 1.56. The van der Waals surface area contributed by atoms with Crippen LogP contribution in [0.4, 0.5) is 8.78 Å². The van der Waals surface area contributed by atoms with Crippen LogP contribution in [0.5, 0.6) is 5.75 Å². The van der Waals surface area contributed by atoms with E-state index in [1.807, 2.05) is 29.8 Å². The van der Waals surface area contributed by atoms with Gasteiger partial charge in [-0.3, -0.25) is 0 Å². The van der Waals surface area contributed by atoms with E-state index in [-0.39, 0.29) is 18.7 Å². The summed E-state index contributed by atoms with van der Waals surface area (Å²) in [5.74, 6) is -0.461. The van der Waals surface area contributed by atoms with Gasteiger partial charge < -0.3 is 24.1 Å². The number of benzene rings is 2. The standard InChI is InChI=1S/C22H22F2N4O3/c1-14-12-27(13-25-14)19-5-4-15(8-20(19)30-3)21-26-31-22(2,28(21)6-7-29)16-9-17(23)11-18(24)10-16/h4-5,8-13,29H,6-7H2,1-3H3. The zero-order valence-corrected chi connectivity index (χ0v) is 17.3. The fourth-order valence-electron chi connectivity index (χ4n) is 3.67. The predicted molar refractivity (Wildman–Crippen MR) is 110 cm³/mol. The van der Waals surface area contributed by atoms with Crippen LogP contribution in [0.3, 0.4) is 0 Å². The lowest BCUT2D eigenvalue weighted by Crippen LogP contribution is -2.45. The fourth-order valence-corrected chi connectivity index (χ4v) is 3.67. The summed E-state index contributed by atoms with van der Waals surface area (Å²) in [5.41, 5.74) is 1.26. The first-order valence-electron chi connectivity index (χ1n) is 9.66. The summed E-state index contributed by atoms with van der Waals surface area (Å²) in [6, 6.07) is 8.65. The molecule has 3 aromatic rings. The minimum Gasteiger partial charge on any atom is -0.495 e. The molecule has 2 aromatic carbocycles. The molecule has 0 saturated carbocycles. The number of halogens is 2. The maximum atomic E-state index is 13.9. The Labute approximate surface area is 178 Å². The number of hydrogen-bond donors (Lipinski definition) is 1. The van der Waals surface area contributed by atoms with Gasteiger partial charge in [-0.15, -0.1) is 0 Å². The molecule has 162 valence electrons. The predicted octanol–water partition coefficient (Wildman–Crippen LogP) is 3.33. The summed E-state index contributed by atoms with van der Waals surface area (Å²) in [5, 5.41) is 13.8. The monoisotopic (exact) mass is 428 g/mol. The summed E-state index contributed by atoms with van der Waals surface area (Å²) in [6.07, 6.45) is 3.57. The molecule has 0 fully saturated rings. The molecule has 0 amide bonds. The Bertz CT molecular complexity index is 1130. The first kappa shape index (κ1) is 20.8. The molecule has 0 spiro atoms. The SMILES string of the molecule is COc1cc(C2=NOC(C)(c3cc(F)cc(F)c3)N2CCO)ccc1-n1cnc(C)c1. The van der Waals surface area contributed by atoms with E-state index >= 15 is 0 Å². The summed E-state index contributed by atoms with van der Waals surface area (Å²) in [4.78, 5) is 11.6. The van der Waals surface area contributed by atoms with Crippen LogP contribution >= 0.6 is 0 Å². The maximum absolute atomic E-state index is 13.9. The quantitative estimate of drug-likeness (QED) is 0.652. The largest absolute Gasteiger partial charge is 0.495 e. The highest BCUT2D eigenvalue weighted by molar-refractivity contribution is 6.00. The van der Waals surface area contributed by atoms with E-state index in [2.05, 4.69) is 10.1 Å². The number of aliphatic hydroxyl groups excluding tert-OH is 1. The first-order valence-corrected chi connectivity index (χ1v) is 9.66. The van der Waals surface area contributed by atoms with Crippen molar-refractivity contribution in [2.24, 2.45) is 5.16 Å². The number of β-amino-alcohol motifs (C(OH)–C–C–N with tert-alkyl or cyclic N) is 1. The Morgan fingerprint density at radius 3 is 2.52 bits per heavy atom. The average Bonchev–Trinajstić information content (AvgIpc) is 3.31. The number of amidine groups is 1. The number of ether oxygens (including phenoxy) is 1. The lowest BCUT2D eigenvalue weighted by atomic mass is 10.0. The van der Waals surface area contributed by atoms with Crippen molar-refractivity contribution in [3.8, 4) is 11.4 Å². The lowest BCUT2D eigenvalue weighted by Gasteiger charge is -2.34. The molecular formula is C22H22F2N4O3. The minimum atomic E-state index is -1.30. The summed E-state index contributed by atoms with van der Waals surface area (Å²) >= 11 is 0. The van der Waals surface area contributed by atoms with Crippen LogP contribution in [-0.4, -0.2) is 45.7 Å². The zero-order chi connectivity index (χ0) is 22.2. The third kappa shape index (κ3) is 3.72. The van der Waals surface area contributed by atoms with Crippen LogP contribution in [0, 0.1) is 18.6 Å². The third-order valence-electron chi connectivity index (χ3n) is 5.23. The van der Waals surface area contributed by atoms with Crippen molar-refractivity contribution >= 4 is 5.84 Å². The Balaban J connectivity index is 1.74. The van der Waals surface area contributed by atoms with Crippen LogP contribution in [-0.2, 0) is 10.6 Å². The molecule has 1 unspecified atom stereocenters. The highest BCUT2D eigenvalue weighted by atomic mass is 19.1. The Kier molecular flexibility index (Phi) is 5.36. The van der Waals surface area contributed by atoms with E-state index in [1.54, 1.807) is 31.3 Å². The number of nitrogens with zero attached hydrogens (tertiary/aromatic N) is 4. The molecule has 1 aliphatic heterocycles. The molecule has 0 bridgehead atoms. The molecule has 1 aromatic heterocycles. The second kappa shape index (κ2) is 7.99. The van der Waals surface area contributed by atoms with Gasteiger partial charge in [0.15, 0.2) is 5.84 Å². The second-order valence-corrected chi connectivity index (χ2v) is 7.33. The van der Waals surface area contributed by atoms with Crippen LogP contribution in [0.2, 0.25) is 0 Å². The molecule has 1 N–H and O–H groups in total. The van der Waals surface area contributed by atoms with Gasteiger partial charge >= 0.3 is 0 Å². The van der Waals surface area contributed by atoms with Gasteiger partial charge in [0.1, 0.15) is 17.4 Å². The highest BCUT2D eigenvalue weighted by Crippen LogP contribution is 2.38. The van der Waals surface area contributed by atoms with Gasteiger partial charge in [-0.1, -0.05) is 5.16 Å². The van der Waals surface area contributed by atoms with Gasteiger partial charge in [0.05, 0.1) is 31.4 Å². The third-order valence-corrected chi connectivity index (χ3v) is 5.23. The van der Waals surface area contributed by atoms with Gasteiger partial charge in [0.2, 0.25) is 5.72 Å². The maximum Gasteiger partial charge on any atom is 0.234 e. The molecule has 1 aliphatic rings. The number of methoxy groups -OCH3 is 1. The van der Waals surface area contributed by atoms with Gasteiger partial charge in [-0.2, -0.15) is 0 Å². The van der Waals surface area contributed by atoms with E-state index in [9.17, 15) is 13.9 Å². The van der Waals surface area contributed by atoms with Crippen LogP contribution in [0.1, 0.15) is 23.7 Å². The molecule has 31 heavy (non-hydrogen) atoms. The molecule has 0 saturated heterocycles. The van der Waals surface area contributed by atoms with Gasteiger partial charge in [-0.05, 0) is 37.3 Å². The van der Waals surface area contributed by atoms with Crippen molar-refractivity contribution in [2.75, 3.05) is 20.3 Å². The number of oxime groups is 1. The van der Waals surface area contributed by atoms with E-state index < -0.39 is 17.4 Å². The van der Waals surface area contributed by atoms with Crippen LogP contribution in [0.15, 0.2) is 54.1 Å². The molecule has 7 nitrogen and oxygen atoms in total. The van der Waals surface area contributed by atoms with Crippen LogP contribution in [0.25, 0.3) is 5.69 Å². The molecule has 1 atom stereocenters. The van der Waals surface area contributed by atoms with Crippen molar-refractivity contribution < 1.29 is 23.5 Å². The Hall–Kier alpha value is -3.46. The molecule has 4 rings (SSSR count). The Morgan fingerprint density at radius 2 is 1.90 bits per heavy atom. The Morgan fingerprint density at radius 1 is 1.16 bits per heavy atom. The minimum absolute atomic E-state index is 0.137. The topological polar surface area (TPSA) is 72.1 Å². The van der Waals surface area contributed by atoms with Crippen molar-refractivity contribution in [3.63, 3.8) is 0 Å². The second-order valence-electron chi connectivity index (χ2n) is 7.33. The molecule has 2 heterocycles. The first-order chi connectivity index (χ1) is 14.9. The number of aliphatic hydroxyl groups is 1. The number of imidazole rings is 1. The molecular weight excluding hydrogens is 406 g/mol. The van der Waals surface area contributed by atoms with E-state index in [0.29, 0.717) is 17.1 Å². The van der Waals surface area contributed by atoms with Crippen molar-refractivity contribution in [1.82, 2.24) is 14.5 Å². The smallest absolute Gasteiger partial charge is 0.234 e. The number of aromatic nitrogens is 2. The zero-order valence-electron chi connectivity index (χ0n) is 17.3. The van der Waals surface area contributed by atoms with Crippen LogP contribution < -0.4 is 4.74 Å². The summed E-state index contributed by atoms with van der Waals surface area (Å²) < 4.78 is 35.1. The lowest BCUT2D eigenvalue weighted by molar-refractivity contribution is -0.0936. The van der Waals surface area contributed by atoms with Crippen molar-refractivity contribution in [3.05, 3.63) is 77.4 Å². The number of aryl methyl sites for hydroxylation is 1. The van der Waals surface area contributed by atoms with E-state index in [0.717, 1.165) is 17.4 Å². The molecule has 0 aliphatic carbocycles. The normalized spacial score (nSPS) is 18.1. The van der Waals surface area contributed by atoms with Crippen molar-refractivity contribution in [2.45, 2.75) is 19.6 Å². The average molecular weight is 428 g/mol. The van der Waals surface area contributed by atoms with Gasteiger partial charge in [0, 0.05) is 36.9 Å². The highest BCUT2D eigenvalue weighted by Gasteiger charge is 2.44. The van der Waals surface area contributed by atoms with Gasteiger partial charge in [0.25, 0.3) is 0 Å². The number of rotatable bonds is 6.